The fourth-order valence-corrected chi connectivity index (χ4v) is 3.08. The van der Waals surface area contributed by atoms with Crippen molar-refractivity contribution in [2.75, 3.05) is 0 Å². The van der Waals surface area contributed by atoms with Crippen molar-refractivity contribution in [3.8, 4) is 28.3 Å². The Labute approximate surface area is 136 Å². The fraction of sp³-hybridized carbons (Fsp3) is 0. The van der Waals surface area contributed by atoms with E-state index in [1.165, 1.54) is 6.07 Å². The minimum Gasteiger partial charge on any atom is -0.206 e. The van der Waals surface area contributed by atoms with E-state index in [1.54, 1.807) is 24.3 Å². The van der Waals surface area contributed by atoms with Gasteiger partial charge in [0.2, 0.25) is 0 Å². The molecular weight excluding hydrogens is 341 g/mol. The first-order valence-corrected chi connectivity index (χ1v) is 7.54. The van der Waals surface area contributed by atoms with Crippen LogP contribution in [0.3, 0.4) is 0 Å². The van der Waals surface area contributed by atoms with E-state index in [-0.39, 0.29) is 5.82 Å². The Morgan fingerprint density at radius 3 is 2.14 bits per heavy atom. The molecule has 1 nitrogen and oxygen atoms in total. The summed E-state index contributed by atoms with van der Waals surface area (Å²) in [6.45, 7) is 0. The van der Waals surface area contributed by atoms with Crippen molar-refractivity contribution >= 4 is 15.9 Å². The largest absolute Gasteiger partial charge is 0.206 e. The Hall–Kier alpha value is -2.44. The van der Waals surface area contributed by atoms with Gasteiger partial charge in [-0.15, -0.1) is 0 Å². The number of hydrogen-bond donors (Lipinski definition) is 0. The molecule has 0 saturated carbocycles. The maximum atomic E-state index is 14.2. The highest BCUT2D eigenvalue weighted by molar-refractivity contribution is 9.10. The van der Waals surface area contributed by atoms with E-state index in [1.807, 2.05) is 36.4 Å². The van der Waals surface area contributed by atoms with Crippen LogP contribution in [0, 0.1) is 17.1 Å². The van der Waals surface area contributed by atoms with Crippen molar-refractivity contribution in [3.05, 3.63) is 82.6 Å². The van der Waals surface area contributed by atoms with Crippen LogP contribution in [-0.2, 0) is 0 Å². The van der Waals surface area contributed by atoms with Gasteiger partial charge in [-0.2, -0.15) is 5.26 Å². The summed E-state index contributed by atoms with van der Waals surface area (Å²) in [6, 6.07) is 21.8. The van der Waals surface area contributed by atoms with Gasteiger partial charge < -0.3 is 0 Å². The predicted octanol–water partition coefficient (Wildman–Crippen LogP) is 5.79. The van der Waals surface area contributed by atoms with Crippen molar-refractivity contribution in [3.63, 3.8) is 0 Å². The molecule has 0 aliphatic carbocycles. The third-order valence-corrected chi connectivity index (χ3v) is 4.16. The molecule has 3 aromatic carbocycles. The number of hydrogen-bond acceptors (Lipinski definition) is 1. The molecule has 0 heterocycles. The summed E-state index contributed by atoms with van der Waals surface area (Å²) in [6.07, 6.45) is 0. The van der Waals surface area contributed by atoms with Crippen molar-refractivity contribution in [1.82, 2.24) is 0 Å². The standard InChI is InChI=1S/C19H11BrFN/c20-17-10-5-9-16(15-8-3-4-11-18(15)21)19(17)14-7-2-1-6-13(14)12-22/h1-11H. The zero-order chi connectivity index (χ0) is 15.5. The van der Waals surface area contributed by atoms with E-state index in [0.29, 0.717) is 11.1 Å². The van der Waals surface area contributed by atoms with E-state index in [0.717, 1.165) is 21.2 Å². The molecule has 3 aromatic rings. The maximum absolute atomic E-state index is 14.2. The summed E-state index contributed by atoms with van der Waals surface area (Å²) in [5, 5.41) is 9.35. The lowest BCUT2D eigenvalue weighted by Gasteiger charge is -2.14. The first-order valence-electron chi connectivity index (χ1n) is 6.75. The van der Waals surface area contributed by atoms with Gasteiger partial charge in [0.1, 0.15) is 5.82 Å². The van der Waals surface area contributed by atoms with E-state index < -0.39 is 0 Å². The second-order valence-corrected chi connectivity index (χ2v) is 5.65. The van der Waals surface area contributed by atoms with Crippen molar-refractivity contribution in [2.24, 2.45) is 0 Å². The molecule has 3 rings (SSSR count). The monoisotopic (exact) mass is 351 g/mol. The Balaban J connectivity index is 2.34. The first kappa shape index (κ1) is 14.5. The molecule has 0 bridgehead atoms. The number of nitrogens with zero attached hydrogens (tertiary/aromatic N) is 1. The van der Waals surface area contributed by atoms with Crippen LogP contribution in [0.1, 0.15) is 5.56 Å². The van der Waals surface area contributed by atoms with Gasteiger partial charge >= 0.3 is 0 Å². The van der Waals surface area contributed by atoms with E-state index in [9.17, 15) is 9.65 Å². The van der Waals surface area contributed by atoms with Crippen molar-refractivity contribution in [2.45, 2.75) is 0 Å². The lowest BCUT2D eigenvalue weighted by atomic mass is 9.92. The Morgan fingerprint density at radius 2 is 1.41 bits per heavy atom. The average molecular weight is 352 g/mol. The molecule has 0 aromatic heterocycles. The second-order valence-electron chi connectivity index (χ2n) is 4.80. The molecule has 0 amide bonds. The normalized spacial score (nSPS) is 10.2. The molecule has 106 valence electrons. The van der Waals surface area contributed by atoms with E-state index >= 15 is 0 Å². The lowest BCUT2D eigenvalue weighted by molar-refractivity contribution is 0.631. The van der Waals surface area contributed by atoms with Crippen LogP contribution in [0.5, 0.6) is 0 Å². The summed E-state index contributed by atoms with van der Waals surface area (Å²) in [7, 11) is 0. The van der Waals surface area contributed by atoms with Gasteiger partial charge in [0.25, 0.3) is 0 Å². The van der Waals surface area contributed by atoms with Gasteiger partial charge in [-0.25, -0.2) is 4.39 Å². The topological polar surface area (TPSA) is 23.8 Å². The molecule has 0 fully saturated rings. The van der Waals surface area contributed by atoms with Crippen LogP contribution in [-0.4, -0.2) is 0 Å². The van der Waals surface area contributed by atoms with Crippen LogP contribution in [0.15, 0.2) is 71.2 Å². The Morgan fingerprint density at radius 1 is 0.773 bits per heavy atom. The van der Waals surface area contributed by atoms with Crippen LogP contribution in [0.4, 0.5) is 4.39 Å². The van der Waals surface area contributed by atoms with Crippen molar-refractivity contribution < 1.29 is 4.39 Å². The zero-order valence-corrected chi connectivity index (χ0v) is 13.1. The zero-order valence-electron chi connectivity index (χ0n) is 11.6. The molecule has 0 saturated heterocycles. The highest BCUT2D eigenvalue weighted by Gasteiger charge is 2.16. The quantitative estimate of drug-likeness (QED) is 0.572. The molecular formula is C19H11BrFN. The summed E-state index contributed by atoms with van der Waals surface area (Å²) < 4.78 is 15.0. The summed E-state index contributed by atoms with van der Waals surface area (Å²) in [5.74, 6) is -0.281. The Kier molecular flexibility index (Phi) is 4.04. The molecule has 0 atom stereocenters. The van der Waals surface area contributed by atoms with Crippen LogP contribution < -0.4 is 0 Å². The number of rotatable bonds is 2. The van der Waals surface area contributed by atoms with E-state index in [2.05, 4.69) is 22.0 Å². The smallest absolute Gasteiger partial charge is 0.131 e. The number of nitriles is 1. The summed E-state index contributed by atoms with van der Waals surface area (Å²) in [4.78, 5) is 0. The number of benzene rings is 3. The highest BCUT2D eigenvalue weighted by atomic mass is 79.9. The maximum Gasteiger partial charge on any atom is 0.131 e. The number of halogens is 2. The van der Waals surface area contributed by atoms with Crippen LogP contribution in [0.2, 0.25) is 0 Å². The predicted molar refractivity (Wildman–Crippen MR) is 89.7 cm³/mol. The summed E-state index contributed by atoms with van der Waals surface area (Å²) >= 11 is 3.54. The van der Waals surface area contributed by atoms with Gasteiger partial charge in [0, 0.05) is 21.2 Å². The van der Waals surface area contributed by atoms with Gasteiger partial charge in [-0.1, -0.05) is 64.5 Å². The SMILES string of the molecule is N#Cc1ccccc1-c1c(Br)cccc1-c1ccccc1F. The summed E-state index contributed by atoms with van der Waals surface area (Å²) in [5.41, 5.74) is 3.45. The van der Waals surface area contributed by atoms with Crippen LogP contribution in [0.25, 0.3) is 22.3 Å². The molecule has 0 unspecified atom stereocenters. The van der Waals surface area contributed by atoms with Crippen LogP contribution >= 0.6 is 15.9 Å². The van der Waals surface area contributed by atoms with Gasteiger partial charge in [-0.3, -0.25) is 0 Å². The molecule has 22 heavy (non-hydrogen) atoms. The third kappa shape index (κ3) is 2.54. The van der Waals surface area contributed by atoms with Gasteiger partial charge in [0.15, 0.2) is 0 Å². The Bertz CT molecular complexity index is 881. The molecule has 0 aliphatic rings. The lowest BCUT2D eigenvalue weighted by Crippen LogP contribution is -1.92. The second kappa shape index (κ2) is 6.13. The molecule has 0 spiro atoms. The van der Waals surface area contributed by atoms with Gasteiger partial charge in [-0.05, 0) is 23.8 Å². The molecule has 3 heteroatoms. The fourth-order valence-electron chi connectivity index (χ4n) is 2.50. The highest BCUT2D eigenvalue weighted by Crippen LogP contribution is 2.39. The average Bonchev–Trinajstić information content (AvgIpc) is 2.55. The molecule has 0 radical (unpaired) electrons. The molecule has 0 aliphatic heterocycles. The minimum atomic E-state index is -0.281. The third-order valence-electron chi connectivity index (χ3n) is 3.49. The van der Waals surface area contributed by atoms with Gasteiger partial charge in [0.05, 0.1) is 11.6 Å². The van der Waals surface area contributed by atoms with Crippen molar-refractivity contribution in [1.29, 1.82) is 5.26 Å². The molecule has 0 N–H and O–H groups in total. The first-order chi connectivity index (χ1) is 10.7. The van der Waals surface area contributed by atoms with E-state index in [4.69, 9.17) is 0 Å². The minimum absolute atomic E-state index is 0.281.